The van der Waals surface area contributed by atoms with Gasteiger partial charge >= 0.3 is 5.76 Å². The molecular weight excluding hydrogens is 362 g/mol. The molecule has 28 heavy (non-hydrogen) atoms. The van der Waals surface area contributed by atoms with Gasteiger partial charge in [-0.3, -0.25) is 14.2 Å². The Morgan fingerprint density at radius 2 is 1.93 bits per heavy atom. The maximum absolute atomic E-state index is 12.3. The van der Waals surface area contributed by atoms with Crippen LogP contribution in [0.2, 0.25) is 0 Å². The van der Waals surface area contributed by atoms with Crippen molar-refractivity contribution < 1.29 is 18.4 Å². The molecule has 0 bridgehead atoms. The smallest absolute Gasteiger partial charge is 0.420 e. The van der Waals surface area contributed by atoms with Crippen molar-refractivity contribution in [2.45, 2.75) is 19.4 Å². The topological polar surface area (TPSA) is 97.7 Å². The predicted octanol–water partition coefficient (Wildman–Crippen LogP) is 1.86. The minimum Gasteiger partial charge on any atom is -0.472 e. The zero-order valence-electron chi connectivity index (χ0n) is 15.3. The first-order chi connectivity index (χ1) is 13.6. The largest absolute Gasteiger partial charge is 0.472 e. The summed E-state index contributed by atoms with van der Waals surface area (Å²) in [7, 11) is 0. The number of furan rings is 1. The number of nitrogens with zero attached hydrogens (tertiary/aromatic N) is 2. The zero-order chi connectivity index (χ0) is 19.5. The van der Waals surface area contributed by atoms with Crippen molar-refractivity contribution in [3.8, 4) is 0 Å². The van der Waals surface area contributed by atoms with Crippen molar-refractivity contribution in [1.82, 2.24) is 14.8 Å². The minimum atomic E-state index is -0.539. The van der Waals surface area contributed by atoms with Gasteiger partial charge in [-0.1, -0.05) is 12.1 Å². The van der Waals surface area contributed by atoms with Gasteiger partial charge in [-0.25, -0.2) is 4.79 Å². The van der Waals surface area contributed by atoms with Crippen molar-refractivity contribution in [3.63, 3.8) is 0 Å². The van der Waals surface area contributed by atoms with Gasteiger partial charge in [0, 0.05) is 19.6 Å². The highest BCUT2D eigenvalue weighted by molar-refractivity contribution is 5.93. The van der Waals surface area contributed by atoms with Crippen LogP contribution in [-0.2, 0) is 11.3 Å². The summed E-state index contributed by atoms with van der Waals surface area (Å²) < 4.78 is 11.4. The summed E-state index contributed by atoms with van der Waals surface area (Å²) in [6, 6.07) is 8.68. The Bertz CT molecular complexity index is 1030. The van der Waals surface area contributed by atoms with Crippen molar-refractivity contribution in [3.05, 3.63) is 59.0 Å². The summed E-state index contributed by atoms with van der Waals surface area (Å²) in [6.45, 7) is 1.75. The normalized spacial score (nSPS) is 15.1. The Kier molecular flexibility index (Phi) is 5.01. The molecule has 0 atom stereocenters. The summed E-state index contributed by atoms with van der Waals surface area (Å²) in [5.41, 5.74) is 1.63. The lowest BCUT2D eigenvalue weighted by Crippen LogP contribution is -2.42. The molecule has 8 heteroatoms. The molecule has 0 spiro atoms. The molecule has 1 fully saturated rings. The Balaban J connectivity index is 1.27. The average Bonchev–Trinajstić information content (AvgIpc) is 3.35. The number of oxazole rings is 1. The fourth-order valence-corrected chi connectivity index (χ4v) is 3.53. The highest BCUT2D eigenvalue weighted by atomic mass is 16.4. The van der Waals surface area contributed by atoms with Crippen molar-refractivity contribution in [2.24, 2.45) is 5.92 Å². The molecule has 1 N–H and O–H groups in total. The molecule has 8 nitrogen and oxygen atoms in total. The van der Waals surface area contributed by atoms with E-state index in [4.69, 9.17) is 8.83 Å². The number of carbonyl (C=O) groups excluding carboxylic acids is 2. The van der Waals surface area contributed by atoms with E-state index in [1.807, 2.05) is 0 Å². The van der Waals surface area contributed by atoms with Crippen molar-refractivity contribution in [2.75, 3.05) is 19.6 Å². The molecule has 2 amide bonds. The second-order valence-electron chi connectivity index (χ2n) is 6.97. The van der Waals surface area contributed by atoms with Gasteiger partial charge in [0.1, 0.15) is 12.8 Å². The van der Waals surface area contributed by atoms with Gasteiger partial charge in [0.15, 0.2) is 5.58 Å². The first-order valence-electron chi connectivity index (χ1n) is 9.28. The first kappa shape index (κ1) is 18.1. The maximum atomic E-state index is 12.3. The predicted molar refractivity (Wildman–Crippen MR) is 101 cm³/mol. The third-order valence-electron chi connectivity index (χ3n) is 5.13. The minimum absolute atomic E-state index is 0.0255. The third kappa shape index (κ3) is 3.71. The summed E-state index contributed by atoms with van der Waals surface area (Å²) >= 11 is 0. The molecule has 3 heterocycles. The molecule has 146 valence electrons. The van der Waals surface area contributed by atoms with E-state index in [2.05, 4.69) is 5.32 Å². The lowest BCUT2D eigenvalue weighted by molar-refractivity contribution is -0.121. The summed E-state index contributed by atoms with van der Waals surface area (Å²) in [6.07, 6.45) is 4.58. The van der Waals surface area contributed by atoms with E-state index in [0.29, 0.717) is 42.2 Å². The van der Waals surface area contributed by atoms with Gasteiger partial charge in [0.05, 0.1) is 17.3 Å². The molecule has 0 unspecified atom stereocenters. The molecular formula is C20H21N3O5. The Morgan fingerprint density at radius 3 is 2.68 bits per heavy atom. The number of carbonyl (C=O) groups is 2. The number of fused-ring (bicyclic) bond motifs is 1. The van der Waals surface area contributed by atoms with Crippen LogP contribution < -0.4 is 11.1 Å². The van der Waals surface area contributed by atoms with Gasteiger partial charge in [0.2, 0.25) is 5.91 Å². The number of hydrogen-bond acceptors (Lipinski definition) is 5. The molecule has 4 rings (SSSR count). The lowest BCUT2D eigenvalue weighted by atomic mass is 9.96. The van der Waals surface area contributed by atoms with Gasteiger partial charge in [0.25, 0.3) is 5.91 Å². The number of piperidine rings is 1. The molecule has 1 saturated heterocycles. The van der Waals surface area contributed by atoms with Crippen LogP contribution >= 0.6 is 0 Å². The zero-order valence-corrected chi connectivity index (χ0v) is 15.3. The first-order valence-corrected chi connectivity index (χ1v) is 9.28. The van der Waals surface area contributed by atoms with E-state index in [0.717, 1.165) is 12.8 Å². The van der Waals surface area contributed by atoms with E-state index in [1.54, 1.807) is 35.2 Å². The maximum Gasteiger partial charge on any atom is 0.420 e. The van der Waals surface area contributed by atoms with E-state index in [9.17, 15) is 14.4 Å². The summed E-state index contributed by atoms with van der Waals surface area (Å²) in [5, 5.41) is 2.90. The van der Waals surface area contributed by atoms with Crippen molar-refractivity contribution >= 4 is 22.9 Å². The second-order valence-corrected chi connectivity index (χ2v) is 6.97. The number of aromatic nitrogens is 1. The van der Waals surface area contributed by atoms with Gasteiger partial charge < -0.3 is 19.1 Å². The molecule has 0 saturated carbocycles. The number of hydrogen-bond donors (Lipinski definition) is 1. The molecule has 1 aliphatic rings. The molecule has 3 aromatic rings. The fraction of sp³-hybridized carbons (Fsp3) is 0.350. The number of nitrogens with one attached hydrogen (secondary N) is 1. The highest BCUT2D eigenvalue weighted by Gasteiger charge is 2.24. The average molecular weight is 383 g/mol. The molecule has 1 aliphatic heterocycles. The Hall–Kier alpha value is -3.29. The third-order valence-corrected chi connectivity index (χ3v) is 5.13. The molecule has 1 aromatic carbocycles. The van der Waals surface area contributed by atoms with Crippen LogP contribution in [-0.4, -0.2) is 40.9 Å². The fourth-order valence-electron chi connectivity index (χ4n) is 3.53. The van der Waals surface area contributed by atoms with Gasteiger partial charge in [-0.15, -0.1) is 0 Å². The van der Waals surface area contributed by atoms with E-state index in [1.165, 1.54) is 17.1 Å². The monoisotopic (exact) mass is 383 g/mol. The van der Waals surface area contributed by atoms with E-state index >= 15 is 0 Å². The Labute approximate surface area is 160 Å². The van der Waals surface area contributed by atoms with Crippen LogP contribution in [0.1, 0.15) is 23.2 Å². The van der Waals surface area contributed by atoms with Crippen LogP contribution in [0, 0.1) is 5.92 Å². The van der Waals surface area contributed by atoms with Crippen molar-refractivity contribution in [1.29, 1.82) is 0 Å². The summed E-state index contributed by atoms with van der Waals surface area (Å²) in [4.78, 5) is 38.4. The number of rotatable bonds is 5. The number of amides is 2. The van der Waals surface area contributed by atoms with Gasteiger partial charge in [-0.05, 0) is 37.0 Å². The number of likely N-dealkylation sites (tertiary alicyclic amines) is 1. The molecule has 0 aliphatic carbocycles. The SMILES string of the molecule is O=C(Cn1c(=O)oc2ccccc21)NCC1CCN(C(=O)c2ccoc2)CC1. The van der Waals surface area contributed by atoms with E-state index < -0.39 is 5.76 Å². The van der Waals surface area contributed by atoms with Crippen LogP contribution in [0.25, 0.3) is 11.1 Å². The molecule has 2 aromatic heterocycles. The molecule has 0 radical (unpaired) electrons. The lowest BCUT2D eigenvalue weighted by Gasteiger charge is -2.31. The Morgan fingerprint density at radius 1 is 1.14 bits per heavy atom. The second kappa shape index (κ2) is 7.75. The quantitative estimate of drug-likeness (QED) is 0.725. The van der Waals surface area contributed by atoms with Crippen LogP contribution in [0.3, 0.4) is 0 Å². The van der Waals surface area contributed by atoms with Crippen LogP contribution in [0.5, 0.6) is 0 Å². The highest BCUT2D eigenvalue weighted by Crippen LogP contribution is 2.19. The van der Waals surface area contributed by atoms with Crippen LogP contribution in [0.15, 0.2) is 56.5 Å². The standard InChI is InChI=1S/C20H21N3O5/c24-18(12-23-16-3-1-2-4-17(16)28-20(23)26)21-11-14-5-8-22(9-6-14)19(25)15-7-10-27-13-15/h1-4,7,10,13-14H,5-6,8-9,11-12H2,(H,21,24). The van der Waals surface area contributed by atoms with Gasteiger partial charge in [-0.2, -0.15) is 0 Å². The van der Waals surface area contributed by atoms with E-state index in [-0.39, 0.29) is 18.4 Å². The number of para-hydroxylation sites is 2. The summed E-state index contributed by atoms with van der Waals surface area (Å²) in [5.74, 6) is -0.495. The number of benzene rings is 1. The van der Waals surface area contributed by atoms with Crippen LogP contribution in [0.4, 0.5) is 0 Å².